The summed E-state index contributed by atoms with van der Waals surface area (Å²) < 4.78 is 0.579. The number of rotatable bonds is 2. The van der Waals surface area contributed by atoms with Crippen LogP contribution in [0.15, 0.2) is 0 Å². The molecule has 0 aromatic heterocycles. The molecule has 0 aliphatic carbocycles. The summed E-state index contributed by atoms with van der Waals surface area (Å²) in [5.41, 5.74) is 0.250. The fraction of sp³-hybridized carbons (Fsp3) is 0.800. The van der Waals surface area contributed by atoms with Gasteiger partial charge in [-0.3, -0.25) is 0 Å². The van der Waals surface area contributed by atoms with Crippen LogP contribution < -0.4 is 0 Å². The third kappa shape index (κ3) is 23.1. The van der Waals surface area contributed by atoms with Gasteiger partial charge in [0, 0.05) is 13.1 Å². The molecule has 0 N–H and O–H groups in total. The largest absolute Gasteiger partial charge is 2.00 e. The second-order valence-corrected chi connectivity index (χ2v) is 5.03. The Morgan fingerprint density at radius 2 is 1.50 bits per heavy atom. The Bertz CT molecular complexity index is 134. The van der Waals surface area contributed by atoms with Crippen molar-refractivity contribution in [3.63, 3.8) is 0 Å². The summed E-state index contributed by atoms with van der Waals surface area (Å²) in [6.07, 6.45) is 0. The molecule has 0 unspecified atom stereocenters. The molecule has 0 fully saturated rings. The van der Waals surface area contributed by atoms with Gasteiger partial charge in [0.25, 0.3) is 0 Å². The quantitative estimate of drug-likeness (QED) is 0.331. The summed E-state index contributed by atoms with van der Waals surface area (Å²) >= 11 is 9.51. The van der Waals surface area contributed by atoms with Gasteiger partial charge in [-0.15, -0.1) is 0 Å². The Morgan fingerprint density at radius 3 is 1.50 bits per heavy atom. The number of hydrogen-bond donors (Lipinski definition) is 0. The van der Waals surface area contributed by atoms with E-state index in [0.29, 0.717) is 4.32 Å². The molecule has 14 heavy (non-hydrogen) atoms. The van der Waals surface area contributed by atoms with E-state index in [1.54, 1.807) is 0 Å². The van der Waals surface area contributed by atoms with Crippen LogP contribution in [0.25, 0.3) is 0 Å². The van der Waals surface area contributed by atoms with Crippen LogP contribution in [0.1, 0.15) is 34.6 Å². The molecule has 0 bridgehead atoms. The van der Waals surface area contributed by atoms with Crippen LogP contribution in [-0.2, 0) is 39.9 Å². The molecule has 0 rings (SSSR count). The zero-order chi connectivity index (χ0) is 11.1. The Hall–Kier alpha value is 1.03. The van der Waals surface area contributed by atoms with Crippen molar-refractivity contribution in [1.82, 2.24) is 4.90 Å². The van der Waals surface area contributed by atoms with Gasteiger partial charge in [0.1, 0.15) is 0 Å². The molecular weight excluding hydrogens is 311 g/mol. The van der Waals surface area contributed by atoms with Gasteiger partial charge in [0.2, 0.25) is 0 Å². The summed E-state index contributed by atoms with van der Waals surface area (Å²) in [5, 5.41) is 0. The fourth-order valence-corrected chi connectivity index (χ4v) is 0.998. The van der Waals surface area contributed by atoms with E-state index in [1.807, 2.05) is 18.7 Å². The Labute approximate surface area is 121 Å². The van der Waals surface area contributed by atoms with Crippen molar-refractivity contribution in [1.29, 1.82) is 0 Å². The third-order valence-electron chi connectivity index (χ3n) is 1.02. The normalized spacial score (nSPS) is 9.29. The predicted molar refractivity (Wildman–Crippen MR) is 67.7 cm³/mol. The second kappa shape index (κ2) is 10.5. The van der Waals surface area contributed by atoms with Gasteiger partial charge in [-0.05, 0) is 13.8 Å². The molecule has 0 radical (unpaired) electrons. The molecule has 4 heteroatoms. The molecule has 0 amide bonds. The van der Waals surface area contributed by atoms with Crippen molar-refractivity contribution < 1.29 is 27.3 Å². The monoisotopic (exact) mass is 333 g/mol. The first-order valence-electron chi connectivity index (χ1n) is 4.53. The maximum absolute atomic E-state index is 4.76. The van der Waals surface area contributed by atoms with Crippen LogP contribution >= 0.6 is 12.2 Å². The second-order valence-electron chi connectivity index (χ2n) is 4.00. The van der Waals surface area contributed by atoms with Crippen LogP contribution in [-0.4, -0.2) is 22.3 Å². The predicted octanol–water partition coefficient (Wildman–Crippen LogP) is 3.02. The van der Waals surface area contributed by atoms with Crippen molar-refractivity contribution in [3.8, 4) is 0 Å². The molecule has 0 saturated carbocycles. The fourth-order valence-electron chi connectivity index (χ4n) is 0.482. The molecule has 0 atom stereocenters. The maximum atomic E-state index is 4.76. The minimum atomic E-state index is 0. The van der Waals surface area contributed by atoms with E-state index in [1.165, 1.54) is 0 Å². The summed E-state index contributed by atoms with van der Waals surface area (Å²) in [7, 11) is 0. The van der Waals surface area contributed by atoms with Crippen molar-refractivity contribution >= 4 is 29.2 Å². The molecule has 0 aromatic carbocycles. The van der Waals surface area contributed by atoms with Gasteiger partial charge in [-0.2, -0.15) is 5.41 Å². The zero-order valence-electron chi connectivity index (χ0n) is 10.1. The smallest absolute Gasteiger partial charge is 0.411 e. The third-order valence-corrected chi connectivity index (χ3v) is 1.54. The molecule has 0 aromatic rings. The topological polar surface area (TPSA) is 3.24 Å². The van der Waals surface area contributed by atoms with E-state index >= 15 is 0 Å². The summed E-state index contributed by atoms with van der Waals surface area (Å²) in [6.45, 7) is 15.9. The van der Waals surface area contributed by atoms with Gasteiger partial charge in [0.05, 0.1) is 0 Å². The zero-order valence-corrected chi connectivity index (χ0v) is 15.8. The van der Waals surface area contributed by atoms with E-state index in [9.17, 15) is 0 Å². The van der Waals surface area contributed by atoms with Crippen LogP contribution in [0.4, 0.5) is 0 Å². The maximum Gasteiger partial charge on any atom is 2.00 e. The molecule has 0 aliphatic heterocycles. The molecule has 0 spiro atoms. The van der Waals surface area contributed by atoms with Crippen LogP contribution in [0, 0.1) is 12.3 Å². The molecule has 80 valence electrons. The number of thiocarbonyl (C=S) groups is 1. The average Bonchev–Trinajstić information content (AvgIpc) is 1.85. The SMILES string of the molecule is CCN(CC)C(=S)[S-].[CH2-]C(C)(C)C.[Cd+2]. The van der Waals surface area contributed by atoms with Crippen molar-refractivity contribution in [2.75, 3.05) is 13.1 Å². The first-order valence-corrected chi connectivity index (χ1v) is 5.35. The summed E-state index contributed by atoms with van der Waals surface area (Å²) in [5.74, 6) is 0. The van der Waals surface area contributed by atoms with E-state index in [4.69, 9.17) is 24.8 Å². The van der Waals surface area contributed by atoms with Gasteiger partial charge >= 0.3 is 27.3 Å². The van der Waals surface area contributed by atoms with Crippen molar-refractivity contribution in [2.45, 2.75) is 34.6 Å². The van der Waals surface area contributed by atoms with E-state index in [-0.39, 0.29) is 32.7 Å². The van der Waals surface area contributed by atoms with Gasteiger partial charge in [-0.25, -0.2) is 0 Å². The minimum absolute atomic E-state index is 0. The molecule has 1 nitrogen and oxygen atoms in total. The van der Waals surface area contributed by atoms with Gasteiger partial charge in [0.15, 0.2) is 0 Å². The van der Waals surface area contributed by atoms with Gasteiger partial charge < -0.3 is 36.7 Å². The van der Waals surface area contributed by atoms with Crippen LogP contribution in [0.2, 0.25) is 0 Å². The number of nitrogens with zero attached hydrogens (tertiary/aromatic N) is 1. The molecule has 0 saturated heterocycles. The summed E-state index contributed by atoms with van der Waals surface area (Å²) in [4.78, 5) is 1.96. The Balaban J connectivity index is -0.000000177. The minimum Gasteiger partial charge on any atom is -0.411 e. The molecular formula is C10H21CdNS2. The molecule has 0 aliphatic rings. The van der Waals surface area contributed by atoms with E-state index in [0.717, 1.165) is 13.1 Å². The van der Waals surface area contributed by atoms with Gasteiger partial charge in [-0.1, -0.05) is 25.1 Å². The van der Waals surface area contributed by atoms with Crippen LogP contribution in [0.5, 0.6) is 0 Å². The first kappa shape index (κ1) is 20.4. The Kier molecular flexibility index (Phi) is 15.4. The first-order chi connectivity index (χ1) is 5.72. The average molecular weight is 332 g/mol. The standard InChI is InChI=1S/C5H11NS2.C5H11.Cd/c1-3-6(4-2)5(7)8;1-5(2,3)4;/h3-4H2,1-2H3,(H,7,8);1H2,2-4H3;/q;-1;+2/p-1. The Morgan fingerprint density at radius 1 is 1.29 bits per heavy atom. The van der Waals surface area contributed by atoms with Crippen molar-refractivity contribution in [2.24, 2.45) is 5.41 Å². The van der Waals surface area contributed by atoms with Crippen molar-refractivity contribution in [3.05, 3.63) is 6.92 Å². The summed E-state index contributed by atoms with van der Waals surface area (Å²) in [6, 6.07) is 0. The van der Waals surface area contributed by atoms with E-state index in [2.05, 4.69) is 27.7 Å². The molecule has 0 heterocycles. The van der Waals surface area contributed by atoms with E-state index < -0.39 is 0 Å². The number of hydrogen-bond acceptors (Lipinski definition) is 2. The van der Waals surface area contributed by atoms with Crippen LogP contribution in [0.3, 0.4) is 0 Å².